The van der Waals surface area contributed by atoms with Crippen LogP contribution < -0.4 is 10.6 Å². The molecule has 41 heteroatoms. The normalized spacial score (nSPS) is 21.0. The van der Waals surface area contributed by atoms with E-state index in [9.17, 15) is 108 Å². The summed E-state index contributed by atoms with van der Waals surface area (Å²) in [6, 6.07) is 19.4. The average molecular weight is 1570 g/mol. The molecule has 574 valence electrons. The van der Waals surface area contributed by atoms with Crippen molar-refractivity contribution in [3.63, 3.8) is 0 Å². The quantitative estimate of drug-likeness (QED) is 0.0288. The lowest BCUT2D eigenvalue weighted by molar-refractivity contribution is -0.259. The maximum Gasteiger partial charge on any atom is 0.421 e. The van der Waals surface area contributed by atoms with Crippen molar-refractivity contribution in [2.45, 2.75) is 169 Å². The fourth-order valence-corrected chi connectivity index (χ4v) is 15.8. The molecule has 0 aliphatic carbocycles. The van der Waals surface area contributed by atoms with Crippen molar-refractivity contribution in [2.24, 2.45) is 0 Å². The molecule has 4 fully saturated rings. The van der Waals surface area contributed by atoms with Crippen LogP contribution in [0.2, 0.25) is 40.1 Å². The summed E-state index contributed by atoms with van der Waals surface area (Å²) in [5.74, 6) is -4.13. The van der Waals surface area contributed by atoms with Crippen molar-refractivity contribution >= 4 is 90.6 Å². The van der Waals surface area contributed by atoms with E-state index in [4.69, 9.17) is 10.7 Å². The van der Waals surface area contributed by atoms with Crippen LogP contribution in [-0.2, 0) is 50.3 Å². The van der Waals surface area contributed by atoms with E-state index in [0.29, 0.717) is 83.4 Å². The molecule has 0 radical (unpaired) electrons. The first-order chi connectivity index (χ1) is 46.3. The molecule has 7 N–H and O–H groups in total. The third-order valence-electron chi connectivity index (χ3n) is 17.0. The molecule has 0 bridgehead atoms. The van der Waals surface area contributed by atoms with Gasteiger partial charge in [0, 0.05) is 125 Å². The van der Waals surface area contributed by atoms with E-state index >= 15 is 0 Å². The number of hydrogen-bond acceptors (Lipinski definition) is 20. The van der Waals surface area contributed by atoms with E-state index in [0.717, 1.165) is 68.2 Å². The first-order valence-corrected chi connectivity index (χ1v) is 42.3. The Morgan fingerprint density at radius 1 is 0.480 bits per heavy atom. The monoisotopic (exact) mass is 1570 g/mol. The Bertz CT molecular complexity index is 3830. The summed E-state index contributed by atoms with van der Waals surface area (Å²) >= 11 is 0. The number of ketones is 2. The van der Waals surface area contributed by atoms with E-state index in [1.165, 1.54) is 94.9 Å². The second-order valence-corrected chi connectivity index (χ2v) is 39.7. The van der Waals surface area contributed by atoms with E-state index in [1.807, 2.05) is 18.6 Å². The zero-order chi connectivity index (χ0) is 78.5. The molecule has 4 aliphatic heterocycles. The van der Waals surface area contributed by atoms with Gasteiger partial charge in [-0.05, 0) is 136 Å². The molecule has 8 rings (SSSR count). The van der Waals surface area contributed by atoms with Crippen molar-refractivity contribution in [1.29, 1.82) is 0 Å². The minimum absolute atomic E-state index is 0.000772. The Balaban J connectivity index is 0.000000332. The van der Waals surface area contributed by atoms with Gasteiger partial charge in [0.1, 0.15) is 0 Å². The first kappa shape index (κ1) is 91.8. The fraction of sp³-hybridized carbons (Fsp3) is 0.574. The van der Waals surface area contributed by atoms with Gasteiger partial charge in [-0.3, -0.25) is 9.59 Å². The largest absolute Gasteiger partial charge is 0.437 e. The number of nitrogens with one attached hydrogen (secondary N) is 2. The molecular formula is C61H93B3ClF9N8O15S4Si. The third kappa shape index (κ3) is 25.4. The fourth-order valence-electron chi connectivity index (χ4n) is 10.2. The Morgan fingerprint density at radius 2 is 0.775 bits per heavy atom. The molecule has 4 heterocycles. The number of piperazine rings is 4. The Morgan fingerprint density at radius 3 is 1.02 bits per heavy atom. The van der Waals surface area contributed by atoms with Crippen LogP contribution in [0.4, 0.5) is 39.5 Å². The number of benzene rings is 4. The lowest BCUT2D eigenvalue weighted by atomic mass is 9.84. The smallest absolute Gasteiger partial charge is 0.421 e. The van der Waals surface area contributed by atoms with Crippen molar-refractivity contribution in [1.82, 2.24) is 38.0 Å². The number of Topliss-reactive ketones (excluding diaryl/α,β-unsaturated/α-hetero) is 2. The summed E-state index contributed by atoms with van der Waals surface area (Å²) in [7, 11) is -14.3. The van der Waals surface area contributed by atoms with Gasteiger partial charge in [-0.25, -0.2) is 33.7 Å². The van der Waals surface area contributed by atoms with Crippen LogP contribution in [-0.4, -0.2) is 248 Å². The van der Waals surface area contributed by atoms with Crippen LogP contribution >= 0.6 is 10.7 Å². The zero-order valence-corrected chi connectivity index (χ0v) is 64.2. The molecule has 2 unspecified atom stereocenters. The molecule has 102 heavy (non-hydrogen) atoms. The predicted octanol–water partition coefficient (Wildman–Crippen LogP) is 7.03. The van der Waals surface area contributed by atoms with Gasteiger partial charge < -0.3 is 50.4 Å². The van der Waals surface area contributed by atoms with Crippen molar-refractivity contribution in [3.8, 4) is 0 Å². The van der Waals surface area contributed by atoms with Gasteiger partial charge in [0.05, 0.1) is 19.6 Å². The Hall–Kier alpha value is -4.43. The molecule has 4 saturated heterocycles. The molecule has 4 aliphatic rings. The number of sulfonamides is 3. The zero-order valence-electron chi connectivity index (χ0n) is 59.2. The molecule has 0 amide bonds. The molecule has 23 nitrogen and oxygen atoms in total. The van der Waals surface area contributed by atoms with Crippen LogP contribution in [0.15, 0.2) is 117 Å². The number of rotatable bonds is 14. The first-order valence-electron chi connectivity index (χ1n) is 32.1. The molecule has 0 spiro atoms. The van der Waals surface area contributed by atoms with Gasteiger partial charge in [0.2, 0.25) is 30.1 Å². The van der Waals surface area contributed by atoms with Crippen LogP contribution in [0.25, 0.3) is 0 Å². The number of alkyl halides is 9. The minimum atomic E-state index is -4.88. The highest BCUT2D eigenvalue weighted by molar-refractivity contribution is 8.13. The minimum Gasteiger partial charge on any atom is -0.437 e. The summed E-state index contributed by atoms with van der Waals surface area (Å²) < 4.78 is 214. The summed E-state index contributed by atoms with van der Waals surface area (Å²) in [4.78, 5) is 27.7. The van der Waals surface area contributed by atoms with Crippen LogP contribution in [0.1, 0.15) is 87.2 Å². The molecule has 6 atom stereocenters. The van der Waals surface area contributed by atoms with Gasteiger partial charge in [0.15, 0.2) is 30.8 Å². The maximum atomic E-state index is 12.9. The summed E-state index contributed by atoms with van der Waals surface area (Å²) in [5, 5.41) is 54.1. The van der Waals surface area contributed by atoms with E-state index in [-0.39, 0.29) is 56.8 Å². The highest BCUT2D eigenvalue weighted by atomic mass is 35.7. The van der Waals surface area contributed by atoms with E-state index in [1.54, 1.807) is 32.3 Å². The highest BCUT2D eigenvalue weighted by Crippen LogP contribution is 2.40. The summed E-state index contributed by atoms with van der Waals surface area (Å²) in [5.41, 5.74) is -5.98. The second-order valence-electron chi connectivity index (χ2n) is 26.4. The van der Waals surface area contributed by atoms with E-state index in [2.05, 4.69) is 22.4 Å². The highest BCUT2D eigenvalue weighted by Gasteiger charge is 2.52. The van der Waals surface area contributed by atoms with Gasteiger partial charge in [0.25, 0.3) is 9.05 Å². The molecular weight excluding hydrogens is 1480 g/mol. The number of aliphatic hydroxyl groups is 2. The van der Waals surface area contributed by atoms with E-state index < -0.39 is 108 Å². The third-order valence-corrected chi connectivity index (χ3v) is 26.2. The number of nitrogens with zero attached hydrogens (tertiary/aromatic N) is 6. The van der Waals surface area contributed by atoms with Gasteiger partial charge in [-0.2, -0.15) is 52.4 Å². The summed E-state index contributed by atoms with van der Waals surface area (Å²) in [6.45, 7) is 26.9. The second kappa shape index (κ2) is 36.9. The Kier molecular flexibility index (Phi) is 33.2. The number of hydrogen-bond donors (Lipinski definition) is 7. The predicted molar refractivity (Wildman–Crippen MR) is 376 cm³/mol. The van der Waals surface area contributed by atoms with Crippen LogP contribution in [0, 0.1) is 0 Å². The summed E-state index contributed by atoms with van der Waals surface area (Å²) in [6.07, 6.45) is -9.72. The van der Waals surface area contributed by atoms with Gasteiger partial charge in [-0.15, -0.1) is 0 Å². The lowest BCUT2D eigenvalue weighted by Crippen LogP contribution is -2.57. The van der Waals surface area contributed by atoms with Crippen molar-refractivity contribution in [3.05, 3.63) is 119 Å². The topological polar surface area (TPSA) is 315 Å². The number of halogens is 10. The van der Waals surface area contributed by atoms with Gasteiger partial charge >= 0.3 is 39.3 Å². The number of carbonyl (C=O) groups is 2. The van der Waals surface area contributed by atoms with Crippen molar-refractivity contribution in [2.75, 3.05) is 78.5 Å². The standard InChI is InChI=1S/C15H22BF3N2O4S.C14H21BN2O4S.C14H19F3N2O3S.C8H7ClO3S.C6H15BN2O.C4H9F3Si/c1-11-10-20(16(3)23)8-9-21(11)26(24,25)13-6-4-12(5-7-13)14(2,22)15(17,18)19;1-11-10-16(15(3)19)8-9-17(11)22(20,21)14-6-4-13(5-7-14)12(2)18;1-10-9-18-7-8-19(10)23(21,22)12-5-3-11(4-6-12)13(2,20)14(15,16)17;1-6(10)7-2-4-8(5-3-7)13(9,11)12;1-6-5-9(7(2)10)4-3-8-6;1-8(2,3)4(5,6)7/h4-7,11,22-23H,8-10H2,1-3H3;4-7,11,19H,8-10H2,1-3H3;3-6,10,18,20H,7-9H2,1-2H3;2-5H,1H3;6,8,10H,3-5H2,1-2H3;1-3H3/t11-,14?;11-;10-,13?;;6-;/m111.1./s1. The number of carbonyl (C=O) groups excluding carboxylic acids is 2. The molecule has 0 saturated carbocycles. The Labute approximate surface area is 599 Å². The van der Waals surface area contributed by atoms with Crippen molar-refractivity contribution < 1.29 is 108 Å². The molecule has 4 aromatic rings. The van der Waals surface area contributed by atoms with Gasteiger partial charge in [-0.1, -0.05) is 68.2 Å². The lowest BCUT2D eigenvalue weighted by Gasteiger charge is -2.39. The molecule has 0 aromatic heterocycles. The van der Waals surface area contributed by atoms with Crippen LogP contribution in [0.3, 0.4) is 0 Å². The molecule has 4 aromatic carbocycles. The average Bonchev–Trinajstić information content (AvgIpc) is 0.859. The maximum absolute atomic E-state index is 12.9. The van der Waals surface area contributed by atoms with Crippen LogP contribution in [0.5, 0.6) is 0 Å². The SMILES string of the molecule is CB(O)N1CCN(S(=O)(=O)c2ccc(C(C)(O)C(F)(F)F)cc2)[C@H](C)C1.CB(O)N1CCN(S(=O)(=O)c2ccc(C(C)=O)cc2)[C@H](C)C1.CB(O)N1CCN[C@H](C)C1.CC(=O)c1ccc(S(=O)(=O)Cl)cc1.C[C@@H]1CNCCN1S(=O)(=O)c1ccc(C(C)(O)C(F)(F)F)cc1.C[Si](C)(C)C(F)(F)F.